The van der Waals surface area contributed by atoms with Crippen LogP contribution in [0.5, 0.6) is 0 Å². The average molecular weight is 367 g/mol. The summed E-state index contributed by atoms with van der Waals surface area (Å²) in [4.78, 5) is 15.2. The Bertz CT molecular complexity index is 452. The number of carbonyl (C=O) groups is 1. The second kappa shape index (κ2) is 5.37. The molecule has 2 heterocycles. The van der Waals surface area contributed by atoms with Crippen LogP contribution in [0.4, 0.5) is 5.69 Å². The molecule has 0 radical (unpaired) electrons. The van der Waals surface area contributed by atoms with Crippen molar-refractivity contribution in [1.82, 2.24) is 4.98 Å². The molecule has 84 valence electrons. The summed E-state index contributed by atoms with van der Waals surface area (Å²) in [6.07, 6.45) is 3.15. The van der Waals surface area contributed by atoms with Crippen LogP contribution in [0.2, 0.25) is 0 Å². The molecule has 1 aromatic rings. The Kier molecular flexibility index (Phi) is 4.10. The minimum absolute atomic E-state index is 0.471. The Morgan fingerprint density at radius 2 is 2.44 bits per heavy atom. The van der Waals surface area contributed by atoms with Gasteiger partial charge < -0.3 is 4.31 Å². The second-order valence-electron chi connectivity index (χ2n) is 3.25. The molecule has 0 spiro atoms. The average Bonchev–Trinajstić information content (AvgIpc) is 2.47. The second-order valence-corrected chi connectivity index (χ2v) is 5.39. The molecule has 1 aliphatic rings. The van der Waals surface area contributed by atoms with Gasteiger partial charge in [0, 0.05) is 48.6 Å². The van der Waals surface area contributed by atoms with Crippen LogP contribution in [-0.2, 0) is 4.79 Å². The Labute approximate surface area is 115 Å². The van der Waals surface area contributed by atoms with Gasteiger partial charge in [0.25, 0.3) is 0 Å². The van der Waals surface area contributed by atoms with Gasteiger partial charge >= 0.3 is 0 Å². The molecule has 3 nitrogen and oxygen atoms in total. The molecule has 0 bridgehead atoms. The minimum Gasteiger partial charge on any atom is -0.305 e. The monoisotopic (exact) mass is 366 g/mol. The quantitative estimate of drug-likeness (QED) is 0.456. The fraction of sp³-hybridized carbons (Fsp3) is 0.200. The maximum Gasteiger partial charge on any atom is 0.147 e. The Morgan fingerprint density at radius 1 is 1.62 bits per heavy atom. The van der Waals surface area contributed by atoms with E-state index in [1.165, 1.54) is 0 Å². The number of pyridine rings is 1. The first kappa shape index (κ1) is 12.2. The number of aldehydes is 1. The summed E-state index contributed by atoms with van der Waals surface area (Å²) in [5.41, 5.74) is 2.27. The first-order valence-corrected chi connectivity index (χ1v) is 8.32. The summed E-state index contributed by atoms with van der Waals surface area (Å²) >= 11 is 8.40. The lowest BCUT2D eigenvalue weighted by Crippen LogP contribution is -2.14. The number of aromatic nitrogens is 1. The van der Waals surface area contributed by atoms with Gasteiger partial charge in [0.1, 0.15) is 12.0 Å². The molecule has 0 unspecified atom stereocenters. The fourth-order valence-electron chi connectivity index (χ4n) is 1.55. The third-order valence-electron chi connectivity index (χ3n) is 2.35. The highest BCUT2D eigenvalue weighted by Gasteiger charge is 2.21. The summed E-state index contributed by atoms with van der Waals surface area (Å²) in [5, 5.41) is 0.471. The number of nitrogens with zero attached hydrogens (tertiary/aromatic N) is 2. The molecule has 6 heteroatoms. The molecule has 0 N–H and O–H groups in total. The highest BCUT2D eigenvalue weighted by molar-refractivity contribution is 14.2. The number of anilines is 1. The van der Waals surface area contributed by atoms with E-state index < -0.39 is 0 Å². The first-order valence-electron chi connectivity index (χ1n) is 4.63. The summed E-state index contributed by atoms with van der Waals surface area (Å²) in [6.45, 7) is 0.761. The molecule has 16 heavy (non-hydrogen) atoms. The Balaban J connectivity index is 2.57. The number of rotatable bonds is 2. The lowest BCUT2D eigenvalue weighted by molar-refractivity contribution is -0.104. The third kappa shape index (κ3) is 2.21. The first-order chi connectivity index (χ1) is 7.77. The van der Waals surface area contributed by atoms with E-state index in [-0.39, 0.29) is 0 Å². The van der Waals surface area contributed by atoms with E-state index in [0.717, 1.165) is 18.5 Å². The third-order valence-corrected chi connectivity index (χ3v) is 4.75. The lowest BCUT2D eigenvalue weighted by Gasteiger charge is -2.19. The number of hydrogen-bond acceptors (Lipinski definition) is 4. The van der Waals surface area contributed by atoms with E-state index in [1.54, 1.807) is 15.3 Å². The van der Waals surface area contributed by atoms with Crippen LogP contribution >= 0.6 is 41.9 Å². The van der Waals surface area contributed by atoms with E-state index >= 15 is 0 Å². The molecule has 1 aromatic heterocycles. The van der Waals surface area contributed by atoms with Gasteiger partial charge in [0.05, 0.1) is 10.7 Å². The predicted molar refractivity (Wildman–Crippen MR) is 76.6 cm³/mol. The van der Waals surface area contributed by atoms with Crippen LogP contribution in [0.25, 0.3) is 5.03 Å². The molecule has 0 aliphatic carbocycles. The maximum absolute atomic E-state index is 10.9. The van der Waals surface area contributed by atoms with Gasteiger partial charge in [-0.1, -0.05) is 11.6 Å². The largest absolute Gasteiger partial charge is 0.305 e. The molecule has 0 saturated heterocycles. The summed E-state index contributed by atoms with van der Waals surface area (Å²) in [5.74, 6) is 0. The van der Waals surface area contributed by atoms with Gasteiger partial charge in [-0.2, -0.15) is 0 Å². The standard InChI is InChI=1S/C10H8ClIN2OS/c11-9-7(6-15)3-5-14(16-12)8-2-1-4-13-10(8)9/h1-2,4,6H,3,5H2. The molecule has 0 fully saturated rings. The van der Waals surface area contributed by atoms with Crippen LogP contribution in [0.3, 0.4) is 0 Å². The van der Waals surface area contributed by atoms with Crippen molar-refractivity contribution < 1.29 is 4.79 Å². The zero-order chi connectivity index (χ0) is 11.5. The minimum atomic E-state index is 0.471. The molecular weight excluding hydrogens is 359 g/mol. The smallest absolute Gasteiger partial charge is 0.147 e. The molecule has 0 atom stereocenters. The molecule has 0 aromatic carbocycles. The van der Waals surface area contributed by atoms with Crippen molar-refractivity contribution in [3.63, 3.8) is 0 Å². The van der Waals surface area contributed by atoms with Crippen molar-refractivity contribution in [2.75, 3.05) is 10.8 Å². The van der Waals surface area contributed by atoms with Gasteiger partial charge in [-0.15, -0.1) is 0 Å². The van der Waals surface area contributed by atoms with Gasteiger partial charge in [0.2, 0.25) is 0 Å². The molecule has 0 saturated carbocycles. The molecule has 2 rings (SSSR count). The number of halogens is 2. The number of carbonyl (C=O) groups excluding carboxylic acids is 1. The predicted octanol–water partition coefficient (Wildman–Crippen LogP) is 3.44. The van der Waals surface area contributed by atoms with Crippen molar-refractivity contribution in [2.45, 2.75) is 6.42 Å². The zero-order valence-electron chi connectivity index (χ0n) is 8.19. The van der Waals surface area contributed by atoms with E-state index in [1.807, 2.05) is 12.1 Å². The summed E-state index contributed by atoms with van der Waals surface area (Å²) < 4.78 is 2.09. The van der Waals surface area contributed by atoms with Crippen LogP contribution in [-0.4, -0.2) is 17.8 Å². The van der Waals surface area contributed by atoms with Crippen LogP contribution in [0, 0.1) is 0 Å². The van der Waals surface area contributed by atoms with Gasteiger partial charge in [-0.25, -0.2) is 0 Å². The Morgan fingerprint density at radius 3 is 3.12 bits per heavy atom. The topological polar surface area (TPSA) is 33.2 Å². The fourth-order valence-corrected chi connectivity index (χ4v) is 3.45. The maximum atomic E-state index is 10.9. The van der Waals surface area contributed by atoms with E-state index in [2.05, 4.69) is 30.5 Å². The van der Waals surface area contributed by atoms with Crippen molar-refractivity contribution in [2.24, 2.45) is 0 Å². The summed E-state index contributed by atoms with van der Waals surface area (Å²) in [7, 11) is 1.58. The number of hydrogen-bond donors (Lipinski definition) is 0. The highest BCUT2D eigenvalue weighted by atomic mass is 127. The van der Waals surface area contributed by atoms with Gasteiger partial charge in [-0.05, 0) is 18.6 Å². The van der Waals surface area contributed by atoms with E-state index in [4.69, 9.17) is 11.6 Å². The van der Waals surface area contributed by atoms with Gasteiger partial charge in [-0.3, -0.25) is 9.78 Å². The zero-order valence-corrected chi connectivity index (χ0v) is 11.9. The van der Waals surface area contributed by atoms with Crippen molar-refractivity contribution in [3.8, 4) is 0 Å². The van der Waals surface area contributed by atoms with Crippen molar-refractivity contribution >= 4 is 58.9 Å². The lowest BCUT2D eigenvalue weighted by atomic mass is 10.2. The molecular formula is C10H8ClIN2OS. The Hall–Kier alpha value is -0.270. The van der Waals surface area contributed by atoms with Gasteiger partial charge in [0.15, 0.2) is 0 Å². The highest BCUT2D eigenvalue weighted by Crippen LogP contribution is 2.38. The van der Waals surface area contributed by atoms with E-state index in [9.17, 15) is 4.79 Å². The van der Waals surface area contributed by atoms with E-state index in [0.29, 0.717) is 22.7 Å². The molecule has 1 aliphatic heterocycles. The van der Waals surface area contributed by atoms with Crippen molar-refractivity contribution in [1.29, 1.82) is 0 Å². The van der Waals surface area contributed by atoms with Crippen LogP contribution in [0.1, 0.15) is 12.1 Å². The normalized spacial score (nSPS) is 15.8. The summed E-state index contributed by atoms with van der Waals surface area (Å²) in [6, 6.07) is 3.83. The van der Waals surface area contributed by atoms with Crippen LogP contribution < -0.4 is 4.31 Å². The molecule has 0 amide bonds. The SMILES string of the molecule is O=CC1=C(Cl)c2ncccc2N(SI)CC1. The van der Waals surface area contributed by atoms with Crippen LogP contribution in [0.15, 0.2) is 23.9 Å². The number of fused-ring (bicyclic) bond motifs is 1. The van der Waals surface area contributed by atoms with Crippen molar-refractivity contribution in [3.05, 3.63) is 29.6 Å².